The van der Waals surface area contributed by atoms with Crippen molar-refractivity contribution in [2.75, 3.05) is 0 Å². The summed E-state index contributed by atoms with van der Waals surface area (Å²) in [5.74, 6) is 0. The molecule has 19 heavy (non-hydrogen) atoms. The van der Waals surface area contributed by atoms with Crippen LogP contribution in [0.3, 0.4) is 0 Å². The van der Waals surface area contributed by atoms with Crippen LogP contribution in [0.15, 0.2) is 53.0 Å². The average Bonchev–Trinajstić information content (AvgIpc) is 2.80. The van der Waals surface area contributed by atoms with Gasteiger partial charge in [0.2, 0.25) is 0 Å². The third kappa shape index (κ3) is 3.02. The molecular formula is C16H13BrClN. The van der Waals surface area contributed by atoms with E-state index in [1.807, 2.05) is 12.1 Å². The van der Waals surface area contributed by atoms with E-state index in [-0.39, 0.29) is 0 Å². The van der Waals surface area contributed by atoms with Crippen LogP contribution in [-0.2, 0) is 12.8 Å². The number of hydrogen-bond donors (Lipinski definition) is 1. The Bertz CT molecular complexity index is 700. The number of fused-ring (bicyclic) bond motifs is 1. The van der Waals surface area contributed by atoms with Gasteiger partial charge in [0.15, 0.2) is 0 Å². The van der Waals surface area contributed by atoms with E-state index in [1.54, 1.807) is 0 Å². The smallest absolute Gasteiger partial charge is 0.0467 e. The van der Waals surface area contributed by atoms with Gasteiger partial charge in [-0.05, 0) is 54.1 Å². The Morgan fingerprint density at radius 3 is 2.53 bits per heavy atom. The van der Waals surface area contributed by atoms with Crippen LogP contribution in [0, 0.1) is 0 Å². The van der Waals surface area contributed by atoms with E-state index < -0.39 is 0 Å². The summed E-state index contributed by atoms with van der Waals surface area (Å²) in [6.07, 6.45) is 2.03. The molecule has 0 bridgehead atoms. The Labute approximate surface area is 125 Å². The Morgan fingerprint density at radius 1 is 0.947 bits per heavy atom. The molecule has 2 aromatic carbocycles. The molecule has 0 radical (unpaired) electrons. The molecule has 0 unspecified atom stereocenters. The van der Waals surface area contributed by atoms with E-state index in [0.29, 0.717) is 0 Å². The summed E-state index contributed by atoms with van der Waals surface area (Å²) in [7, 11) is 0. The van der Waals surface area contributed by atoms with Crippen LogP contribution in [0.2, 0.25) is 5.02 Å². The first kappa shape index (κ1) is 12.8. The highest BCUT2D eigenvalue weighted by molar-refractivity contribution is 9.10. The zero-order chi connectivity index (χ0) is 13.2. The Balaban J connectivity index is 1.76. The maximum Gasteiger partial charge on any atom is 0.0467 e. The van der Waals surface area contributed by atoms with Crippen molar-refractivity contribution in [2.24, 2.45) is 0 Å². The molecule has 0 fully saturated rings. The van der Waals surface area contributed by atoms with E-state index in [0.717, 1.165) is 22.3 Å². The van der Waals surface area contributed by atoms with Gasteiger partial charge in [-0.3, -0.25) is 0 Å². The molecule has 96 valence electrons. The van der Waals surface area contributed by atoms with Gasteiger partial charge < -0.3 is 4.98 Å². The second-order valence-electron chi connectivity index (χ2n) is 4.65. The van der Waals surface area contributed by atoms with Gasteiger partial charge in [-0.2, -0.15) is 0 Å². The minimum atomic E-state index is 0.791. The summed E-state index contributed by atoms with van der Waals surface area (Å²) in [6.45, 7) is 0. The van der Waals surface area contributed by atoms with Crippen LogP contribution in [0.5, 0.6) is 0 Å². The van der Waals surface area contributed by atoms with Gasteiger partial charge in [-0.25, -0.2) is 0 Å². The van der Waals surface area contributed by atoms with Crippen molar-refractivity contribution in [2.45, 2.75) is 12.8 Å². The first-order valence-electron chi connectivity index (χ1n) is 6.22. The number of H-pyrrole nitrogens is 1. The average molecular weight is 335 g/mol. The fourth-order valence-corrected chi connectivity index (χ4v) is 2.71. The Morgan fingerprint density at radius 2 is 1.74 bits per heavy atom. The number of aromatic nitrogens is 1. The number of nitrogens with one attached hydrogen (secondary N) is 1. The number of hydrogen-bond acceptors (Lipinski definition) is 0. The van der Waals surface area contributed by atoms with Crippen molar-refractivity contribution in [3.63, 3.8) is 0 Å². The molecule has 1 nitrogen and oxygen atoms in total. The molecule has 0 aliphatic rings. The fraction of sp³-hybridized carbons (Fsp3) is 0.125. The van der Waals surface area contributed by atoms with Crippen LogP contribution in [-0.4, -0.2) is 4.98 Å². The van der Waals surface area contributed by atoms with Crippen molar-refractivity contribution >= 4 is 38.4 Å². The van der Waals surface area contributed by atoms with Gasteiger partial charge in [0, 0.05) is 20.7 Å². The Kier molecular flexibility index (Phi) is 3.63. The lowest BCUT2D eigenvalue weighted by Crippen LogP contribution is -1.90. The van der Waals surface area contributed by atoms with Crippen molar-refractivity contribution < 1.29 is 0 Å². The number of benzene rings is 2. The fourth-order valence-electron chi connectivity index (χ4n) is 2.22. The summed E-state index contributed by atoms with van der Waals surface area (Å²) in [6, 6.07) is 16.6. The minimum absolute atomic E-state index is 0.791. The summed E-state index contributed by atoms with van der Waals surface area (Å²) in [5, 5.41) is 2.05. The Hall–Kier alpha value is -1.25. The van der Waals surface area contributed by atoms with E-state index in [2.05, 4.69) is 57.3 Å². The summed E-state index contributed by atoms with van der Waals surface area (Å²) >= 11 is 9.38. The third-order valence-electron chi connectivity index (χ3n) is 3.24. The molecule has 3 aromatic rings. The molecule has 3 heteroatoms. The predicted octanol–water partition coefficient (Wildman–Crippen LogP) is 5.37. The normalized spacial score (nSPS) is 11.1. The molecule has 0 saturated carbocycles. The van der Waals surface area contributed by atoms with Crippen LogP contribution >= 0.6 is 27.5 Å². The molecule has 0 atom stereocenters. The summed E-state index contributed by atoms with van der Waals surface area (Å²) in [5.41, 5.74) is 3.76. The lowest BCUT2D eigenvalue weighted by molar-refractivity contribution is 0.930. The van der Waals surface area contributed by atoms with E-state index in [9.17, 15) is 0 Å². The third-order valence-corrected chi connectivity index (χ3v) is 3.98. The molecule has 0 saturated heterocycles. The molecule has 0 aliphatic carbocycles. The lowest BCUT2D eigenvalue weighted by atomic mass is 10.1. The minimum Gasteiger partial charge on any atom is -0.358 e. The highest BCUT2D eigenvalue weighted by Crippen LogP contribution is 2.21. The second-order valence-corrected chi connectivity index (χ2v) is 6.00. The summed E-state index contributed by atoms with van der Waals surface area (Å²) < 4.78 is 1.10. The van der Waals surface area contributed by atoms with Crippen molar-refractivity contribution in [1.29, 1.82) is 0 Å². The highest BCUT2D eigenvalue weighted by Gasteiger charge is 2.02. The van der Waals surface area contributed by atoms with Crippen molar-refractivity contribution in [3.05, 3.63) is 69.3 Å². The number of rotatable bonds is 3. The van der Waals surface area contributed by atoms with Crippen molar-refractivity contribution in [3.8, 4) is 0 Å². The topological polar surface area (TPSA) is 15.8 Å². The molecule has 1 heterocycles. The van der Waals surface area contributed by atoms with Crippen LogP contribution in [0.1, 0.15) is 11.3 Å². The van der Waals surface area contributed by atoms with Crippen LogP contribution in [0.25, 0.3) is 10.9 Å². The van der Waals surface area contributed by atoms with Gasteiger partial charge in [0.25, 0.3) is 0 Å². The van der Waals surface area contributed by atoms with Gasteiger partial charge in [0.1, 0.15) is 0 Å². The number of aryl methyl sites for hydroxylation is 2. The van der Waals surface area contributed by atoms with Crippen LogP contribution < -0.4 is 0 Å². The van der Waals surface area contributed by atoms with Gasteiger partial charge in [0.05, 0.1) is 0 Å². The maximum absolute atomic E-state index is 5.89. The zero-order valence-corrected chi connectivity index (χ0v) is 12.6. The maximum atomic E-state index is 5.89. The molecule has 0 aliphatic heterocycles. The predicted molar refractivity (Wildman–Crippen MR) is 84.9 cm³/mol. The second kappa shape index (κ2) is 5.40. The van der Waals surface area contributed by atoms with Gasteiger partial charge in [-0.15, -0.1) is 0 Å². The molecule has 1 aromatic heterocycles. The van der Waals surface area contributed by atoms with E-state index in [1.165, 1.54) is 22.2 Å². The summed E-state index contributed by atoms with van der Waals surface area (Å²) in [4.78, 5) is 3.46. The van der Waals surface area contributed by atoms with Gasteiger partial charge in [-0.1, -0.05) is 45.7 Å². The molecule has 0 spiro atoms. The number of halogens is 2. The van der Waals surface area contributed by atoms with E-state index in [4.69, 9.17) is 11.6 Å². The SMILES string of the molecule is Clc1ccc(CCc2cc3ccc(Br)cc3[nH]2)cc1. The quantitative estimate of drug-likeness (QED) is 0.663. The molecular weight excluding hydrogens is 322 g/mol. The van der Waals surface area contributed by atoms with Crippen molar-refractivity contribution in [1.82, 2.24) is 4.98 Å². The molecule has 3 rings (SSSR count). The largest absolute Gasteiger partial charge is 0.358 e. The first-order chi connectivity index (χ1) is 9.20. The highest BCUT2D eigenvalue weighted by atomic mass is 79.9. The standard InChI is InChI=1S/C16H13BrClN/c17-13-5-4-12-9-15(19-16(12)10-13)8-3-11-1-6-14(18)7-2-11/h1-2,4-7,9-10,19H,3,8H2. The van der Waals surface area contributed by atoms with Crippen LogP contribution in [0.4, 0.5) is 0 Å². The monoisotopic (exact) mass is 333 g/mol. The molecule has 1 N–H and O–H groups in total. The van der Waals surface area contributed by atoms with E-state index >= 15 is 0 Å². The zero-order valence-electron chi connectivity index (χ0n) is 10.3. The molecule has 0 amide bonds. The lowest BCUT2D eigenvalue weighted by Gasteiger charge is -2.00. The first-order valence-corrected chi connectivity index (χ1v) is 7.39. The van der Waals surface area contributed by atoms with Gasteiger partial charge >= 0.3 is 0 Å². The number of aromatic amines is 1.